The zero-order valence-electron chi connectivity index (χ0n) is 23.0. The van der Waals surface area contributed by atoms with Crippen LogP contribution < -0.4 is 10.5 Å². The van der Waals surface area contributed by atoms with E-state index in [0.717, 1.165) is 60.9 Å². The second-order valence-corrected chi connectivity index (χ2v) is 20.4. The van der Waals surface area contributed by atoms with Gasteiger partial charge in [-0.05, 0) is 82.5 Å². The zero-order valence-corrected chi connectivity index (χ0v) is 24.8. The topological polar surface area (TPSA) is 97.4 Å². The lowest BCUT2D eigenvalue weighted by Crippen LogP contribution is -2.46. The van der Waals surface area contributed by atoms with Crippen LogP contribution in [0.2, 0.25) is 25.7 Å². The van der Waals surface area contributed by atoms with E-state index in [1.165, 1.54) is 12.8 Å². The smallest absolute Gasteiger partial charge is 0.136 e. The van der Waals surface area contributed by atoms with Gasteiger partial charge in [0.15, 0.2) is 0 Å². The number of fused-ring (bicyclic) bond motifs is 1. The first-order valence-corrected chi connectivity index (χ1v) is 18.4. The second kappa shape index (κ2) is 11.4. The fraction of sp³-hybridized carbons (Fsp3) is 0.741. The lowest BCUT2D eigenvalue weighted by atomic mass is 10.0. The van der Waals surface area contributed by atoms with Gasteiger partial charge in [0.05, 0.1) is 17.1 Å². The summed E-state index contributed by atoms with van der Waals surface area (Å²) < 4.78 is 30.9. The van der Waals surface area contributed by atoms with Gasteiger partial charge in [-0.1, -0.05) is 25.7 Å². The molecule has 2 heterocycles. The number of imidazole rings is 1. The molecule has 1 aromatic carbocycles. The van der Waals surface area contributed by atoms with Gasteiger partial charge in [-0.25, -0.2) is 4.98 Å². The van der Waals surface area contributed by atoms with Gasteiger partial charge in [0.1, 0.15) is 23.3 Å². The largest absolute Gasteiger partial charge is 0.598 e. The van der Waals surface area contributed by atoms with Crippen LogP contribution in [-0.4, -0.2) is 46.2 Å². The number of rotatable bonds is 11. The molecule has 2 unspecified atom stereocenters. The molecule has 0 radical (unpaired) electrons. The van der Waals surface area contributed by atoms with Gasteiger partial charge in [0.25, 0.3) is 0 Å². The number of hydrogen-bond donors (Lipinski definition) is 2. The minimum Gasteiger partial charge on any atom is -0.598 e. The molecular weight excluding hydrogens is 488 g/mol. The molecule has 0 amide bonds. The Labute approximate surface area is 221 Å². The molecule has 2 aromatic rings. The van der Waals surface area contributed by atoms with Crippen LogP contribution in [0.4, 0.5) is 0 Å². The number of benzene rings is 1. The molecule has 3 N–H and O–H groups in total. The third-order valence-electron chi connectivity index (χ3n) is 7.19. The Hall–Kier alpha value is -0.943. The number of nitrogens with one attached hydrogen (secondary N) is 1. The molecule has 1 aliphatic heterocycles. The fourth-order valence-electron chi connectivity index (χ4n) is 4.62. The van der Waals surface area contributed by atoms with Gasteiger partial charge < -0.3 is 24.3 Å². The summed E-state index contributed by atoms with van der Waals surface area (Å²) in [7, 11) is -1.21. The molecule has 4 atom stereocenters. The van der Waals surface area contributed by atoms with Crippen molar-refractivity contribution in [2.45, 2.75) is 108 Å². The van der Waals surface area contributed by atoms with Crippen LogP contribution in [0.25, 0.3) is 11.0 Å². The fourth-order valence-corrected chi connectivity index (χ4v) is 6.21. The van der Waals surface area contributed by atoms with Crippen LogP contribution >= 0.6 is 0 Å². The summed E-state index contributed by atoms with van der Waals surface area (Å²) in [6, 6.07) is 7.25. The zero-order chi connectivity index (χ0) is 26.1. The average molecular weight is 535 g/mol. The maximum atomic E-state index is 13.3. The third kappa shape index (κ3) is 7.12. The van der Waals surface area contributed by atoms with Crippen molar-refractivity contribution in [3.8, 4) is 0 Å². The van der Waals surface area contributed by atoms with Crippen molar-refractivity contribution in [3.63, 3.8) is 0 Å². The molecule has 4 rings (SSSR count). The highest BCUT2D eigenvalue weighted by atomic mass is 32.2. The average Bonchev–Trinajstić information content (AvgIpc) is 3.60. The van der Waals surface area contributed by atoms with E-state index < -0.39 is 24.2 Å². The van der Waals surface area contributed by atoms with E-state index in [1.54, 1.807) is 0 Å². The Balaban J connectivity index is 1.71. The number of nitrogens with two attached hydrogens (primary N) is 1. The summed E-state index contributed by atoms with van der Waals surface area (Å²) in [5.41, 5.74) is 9.66. The maximum absolute atomic E-state index is 13.3. The molecule has 1 aliphatic carbocycles. The first kappa shape index (κ1) is 28.1. The van der Waals surface area contributed by atoms with Crippen molar-refractivity contribution in [1.82, 2.24) is 14.3 Å². The maximum Gasteiger partial charge on any atom is 0.136 e. The Kier molecular flexibility index (Phi) is 8.92. The predicted molar refractivity (Wildman–Crippen MR) is 151 cm³/mol. The summed E-state index contributed by atoms with van der Waals surface area (Å²) in [5.74, 6) is 1.41. The number of ether oxygens (including phenoxy) is 2. The molecule has 36 heavy (non-hydrogen) atoms. The van der Waals surface area contributed by atoms with E-state index in [-0.39, 0.29) is 18.2 Å². The van der Waals surface area contributed by atoms with E-state index in [0.29, 0.717) is 12.6 Å². The van der Waals surface area contributed by atoms with Gasteiger partial charge in [-0.2, -0.15) is 0 Å². The molecule has 1 aromatic heterocycles. The van der Waals surface area contributed by atoms with E-state index in [1.807, 2.05) is 20.8 Å². The van der Waals surface area contributed by atoms with Crippen molar-refractivity contribution < 1.29 is 14.0 Å². The van der Waals surface area contributed by atoms with Gasteiger partial charge in [-0.15, -0.1) is 4.72 Å². The molecule has 2 fully saturated rings. The van der Waals surface area contributed by atoms with E-state index in [4.69, 9.17) is 20.2 Å². The van der Waals surface area contributed by atoms with Gasteiger partial charge in [0, 0.05) is 38.7 Å². The van der Waals surface area contributed by atoms with E-state index >= 15 is 0 Å². The van der Waals surface area contributed by atoms with Crippen LogP contribution in [-0.2, 0) is 27.6 Å². The number of hydrogen-bond acceptors (Lipinski definition) is 6. The first-order valence-electron chi connectivity index (χ1n) is 13.6. The van der Waals surface area contributed by atoms with Gasteiger partial charge in [0.2, 0.25) is 0 Å². The molecule has 202 valence electrons. The lowest BCUT2D eigenvalue weighted by Gasteiger charge is -2.33. The minimum absolute atomic E-state index is 0.0537. The number of aromatic nitrogens is 2. The summed E-state index contributed by atoms with van der Waals surface area (Å²) in [5, 5.41) is 0. The summed E-state index contributed by atoms with van der Waals surface area (Å²) in [6.07, 6.45) is 5.38. The summed E-state index contributed by atoms with van der Waals surface area (Å²) >= 11 is -1.27. The van der Waals surface area contributed by atoms with Crippen molar-refractivity contribution in [1.29, 1.82) is 0 Å². The SMILES string of the molecule is CC(C)(C)[S@@+]([O-])NC(c1nc2ccc(C(N)C3CC3)cc2n1COCC[Si](C)(C)C)[C@@H]1CCCCO1. The highest BCUT2D eigenvalue weighted by Gasteiger charge is 2.38. The Morgan fingerprint density at radius 1 is 1.25 bits per heavy atom. The van der Waals surface area contributed by atoms with Crippen LogP contribution in [0.1, 0.15) is 76.3 Å². The molecule has 1 saturated heterocycles. The van der Waals surface area contributed by atoms with Crippen molar-refractivity contribution >= 4 is 30.5 Å². The minimum atomic E-state index is -1.27. The standard InChI is InChI=1S/C27H46N4O3SSi/c1-27(2,3)35(32)30-25(23-9-7-8-14-34-23)26-29-21-13-12-20(24(28)19-10-11-19)17-22(21)31(26)18-33-15-16-36(4,5)6/h12-13,17,19,23-25,30H,7-11,14-16,18,28H2,1-6H3/t23-,24?,25?,35+/m0/s1. The monoisotopic (exact) mass is 534 g/mol. The Morgan fingerprint density at radius 3 is 2.61 bits per heavy atom. The van der Waals surface area contributed by atoms with Crippen LogP contribution in [0.3, 0.4) is 0 Å². The van der Waals surface area contributed by atoms with Crippen molar-refractivity contribution in [3.05, 3.63) is 29.6 Å². The van der Waals surface area contributed by atoms with Gasteiger partial charge in [-0.3, -0.25) is 0 Å². The van der Waals surface area contributed by atoms with Crippen LogP contribution in [0.15, 0.2) is 18.2 Å². The van der Waals surface area contributed by atoms with E-state index in [2.05, 4.69) is 47.1 Å². The summed E-state index contributed by atoms with van der Waals surface area (Å²) in [6.45, 7) is 14.9. The Morgan fingerprint density at radius 2 is 2.00 bits per heavy atom. The molecule has 0 bridgehead atoms. The van der Waals surface area contributed by atoms with Crippen molar-refractivity contribution in [2.24, 2.45) is 11.7 Å². The van der Waals surface area contributed by atoms with Crippen molar-refractivity contribution in [2.75, 3.05) is 13.2 Å². The molecule has 7 nitrogen and oxygen atoms in total. The highest BCUT2D eigenvalue weighted by molar-refractivity contribution is 7.90. The normalized spacial score (nSPS) is 22.1. The molecule has 9 heteroatoms. The van der Waals surface area contributed by atoms with E-state index in [9.17, 15) is 4.55 Å². The Bertz CT molecular complexity index is 1010. The molecule has 0 spiro atoms. The summed E-state index contributed by atoms with van der Waals surface area (Å²) in [4.78, 5) is 5.09. The van der Waals surface area contributed by atoms with Gasteiger partial charge >= 0.3 is 0 Å². The molecule has 1 saturated carbocycles. The predicted octanol–water partition coefficient (Wildman–Crippen LogP) is 5.42. The first-order chi connectivity index (χ1) is 16.9. The molecular formula is C27H46N4O3SSi. The molecule has 2 aliphatic rings. The number of nitrogens with zero attached hydrogens (tertiary/aromatic N) is 2. The lowest BCUT2D eigenvalue weighted by molar-refractivity contribution is -0.00763. The highest BCUT2D eigenvalue weighted by Crippen LogP contribution is 2.40. The van der Waals surface area contributed by atoms with Crippen LogP contribution in [0, 0.1) is 5.92 Å². The van der Waals surface area contributed by atoms with Crippen LogP contribution in [0.5, 0.6) is 0 Å². The second-order valence-electron chi connectivity index (χ2n) is 12.7. The third-order valence-corrected chi connectivity index (χ3v) is 10.5. The quantitative estimate of drug-likeness (QED) is 0.227.